The SMILES string of the molecule is Cc1ccc(N(C)S(=O)(=O)c2cc(CN)sc2Br)c(C)c1. The van der Waals surface area contributed by atoms with Crippen molar-refractivity contribution in [2.45, 2.75) is 25.3 Å². The molecule has 2 rings (SSSR count). The third kappa shape index (κ3) is 3.15. The first-order valence-corrected chi connectivity index (χ1v) is 9.36. The lowest BCUT2D eigenvalue weighted by atomic mass is 10.1. The second-order valence-corrected chi connectivity index (χ2v) is 9.21. The van der Waals surface area contributed by atoms with Crippen LogP contribution in [-0.2, 0) is 16.6 Å². The molecule has 2 aromatic rings. The summed E-state index contributed by atoms with van der Waals surface area (Å²) in [7, 11) is -2.04. The fraction of sp³-hybridized carbons (Fsp3) is 0.286. The highest BCUT2D eigenvalue weighted by Crippen LogP contribution is 2.35. The summed E-state index contributed by atoms with van der Waals surface area (Å²) in [6, 6.07) is 7.33. The maximum absolute atomic E-state index is 12.8. The summed E-state index contributed by atoms with van der Waals surface area (Å²) < 4.78 is 27.5. The van der Waals surface area contributed by atoms with Crippen molar-refractivity contribution in [1.29, 1.82) is 0 Å². The Kier molecular flexibility index (Phi) is 4.77. The quantitative estimate of drug-likeness (QED) is 0.872. The normalized spacial score (nSPS) is 11.7. The van der Waals surface area contributed by atoms with E-state index in [1.54, 1.807) is 13.1 Å². The number of halogens is 1. The topological polar surface area (TPSA) is 63.4 Å². The number of hydrogen-bond donors (Lipinski definition) is 1. The molecular formula is C14H17BrN2O2S2. The number of nitrogens with zero attached hydrogens (tertiary/aromatic N) is 1. The predicted octanol–water partition coefficient (Wildman–Crippen LogP) is 3.41. The van der Waals surface area contributed by atoms with Gasteiger partial charge in [0.25, 0.3) is 10.0 Å². The van der Waals surface area contributed by atoms with Crippen LogP contribution >= 0.6 is 27.3 Å². The van der Waals surface area contributed by atoms with Crippen molar-refractivity contribution in [3.63, 3.8) is 0 Å². The molecule has 0 unspecified atom stereocenters. The second kappa shape index (κ2) is 6.08. The molecule has 0 spiro atoms. The van der Waals surface area contributed by atoms with E-state index in [-0.39, 0.29) is 4.90 Å². The predicted molar refractivity (Wildman–Crippen MR) is 91.4 cm³/mol. The molecule has 0 saturated carbocycles. The maximum Gasteiger partial charge on any atom is 0.266 e. The van der Waals surface area contributed by atoms with Crippen molar-refractivity contribution < 1.29 is 8.42 Å². The summed E-state index contributed by atoms with van der Waals surface area (Å²) in [6.07, 6.45) is 0. The average molecular weight is 389 g/mol. The molecule has 0 bridgehead atoms. The van der Waals surface area contributed by atoms with E-state index in [2.05, 4.69) is 15.9 Å². The van der Waals surface area contributed by atoms with Crippen molar-refractivity contribution in [3.8, 4) is 0 Å². The van der Waals surface area contributed by atoms with Gasteiger partial charge in [-0.2, -0.15) is 0 Å². The molecule has 0 aliphatic carbocycles. The van der Waals surface area contributed by atoms with Crippen LogP contribution in [0.2, 0.25) is 0 Å². The van der Waals surface area contributed by atoms with Crippen LogP contribution in [0.25, 0.3) is 0 Å². The zero-order chi connectivity index (χ0) is 15.8. The fourth-order valence-electron chi connectivity index (χ4n) is 2.11. The Labute approximate surface area is 137 Å². The number of thiophene rings is 1. The summed E-state index contributed by atoms with van der Waals surface area (Å²) in [5.74, 6) is 0. The van der Waals surface area contributed by atoms with Crippen molar-refractivity contribution >= 4 is 43.0 Å². The maximum atomic E-state index is 12.8. The van der Waals surface area contributed by atoms with Crippen molar-refractivity contribution in [1.82, 2.24) is 0 Å². The smallest absolute Gasteiger partial charge is 0.266 e. The third-order valence-corrected chi connectivity index (χ3v) is 7.28. The number of sulfonamides is 1. The van der Waals surface area contributed by atoms with Crippen LogP contribution in [0.4, 0.5) is 5.69 Å². The average Bonchev–Trinajstić information content (AvgIpc) is 2.80. The number of benzene rings is 1. The molecule has 0 saturated heterocycles. The number of rotatable bonds is 4. The Morgan fingerprint density at radius 1 is 1.29 bits per heavy atom. The lowest BCUT2D eigenvalue weighted by molar-refractivity contribution is 0.594. The van der Waals surface area contributed by atoms with Crippen LogP contribution in [0, 0.1) is 13.8 Å². The van der Waals surface area contributed by atoms with Gasteiger partial charge in [-0.3, -0.25) is 4.31 Å². The number of nitrogens with two attached hydrogens (primary N) is 1. The van der Waals surface area contributed by atoms with Gasteiger partial charge in [0.1, 0.15) is 4.90 Å². The molecule has 0 aliphatic rings. The first-order chi connectivity index (χ1) is 9.77. The van der Waals surface area contributed by atoms with Gasteiger partial charge in [0.2, 0.25) is 0 Å². The molecule has 1 aromatic carbocycles. The Morgan fingerprint density at radius 2 is 1.95 bits per heavy atom. The monoisotopic (exact) mass is 388 g/mol. The minimum absolute atomic E-state index is 0.260. The molecule has 2 N–H and O–H groups in total. The molecule has 7 heteroatoms. The largest absolute Gasteiger partial charge is 0.326 e. The first kappa shape index (κ1) is 16.5. The van der Waals surface area contributed by atoms with Gasteiger partial charge in [-0.05, 0) is 47.5 Å². The van der Waals surface area contributed by atoms with Gasteiger partial charge in [0.05, 0.1) is 9.47 Å². The summed E-state index contributed by atoms with van der Waals surface area (Å²) >= 11 is 4.67. The summed E-state index contributed by atoms with van der Waals surface area (Å²) in [4.78, 5) is 1.09. The number of anilines is 1. The van der Waals surface area contributed by atoms with E-state index >= 15 is 0 Å². The molecular weight excluding hydrogens is 372 g/mol. The van der Waals surface area contributed by atoms with Crippen LogP contribution in [0.5, 0.6) is 0 Å². The van der Waals surface area contributed by atoms with E-state index in [1.807, 2.05) is 32.0 Å². The Morgan fingerprint density at radius 3 is 2.48 bits per heavy atom. The van der Waals surface area contributed by atoms with Crippen molar-refractivity contribution in [2.75, 3.05) is 11.4 Å². The summed E-state index contributed by atoms with van der Waals surface area (Å²) in [5.41, 5.74) is 8.28. The van der Waals surface area contributed by atoms with Gasteiger partial charge in [-0.1, -0.05) is 17.7 Å². The molecule has 21 heavy (non-hydrogen) atoms. The van der Waals surface area contributed by atoms with E-state index in [4.69, 9.17) is 5.73 Å². The second-order valence-electron chi connectivity index (χ2n) is 4.82. The van der Waals surface area contributed by atoms with E-state index < -0.39 is 10.0 Å². The molecule has 0 fully saturated rings. The highest BCUT2D eigenvalue weighted by Gasteiger charge is 2.26. The molecule has 4 nitrogen and oxygen atoms in total. The molecule has 1 heterocycles. The van der Waals surface area contributed by atoms with E-state index in [0.717, 1.165) is 16.0 Å². The molecule has 0 radical (unpaired) electrons. The van der Waals surface area contributed by atoms with Gasteiger partial charge >= 0.3 is 0 Å². The van der Waals surface area contributed by atoms with Crippen molar-refractivity contribution in [3.05, 3.63) is 44.1 Å². The van der Waals surface area contributed by atoms with Crippen LogP contribution < -0.4 is 10.0 Å². The Bertz CT molecular complexity index is 769. The lowest BCUT2D eigenvalue weighted by Crippen LogP contribution is -2.27. The standard InChI is InChI=1S/C14H17BrN2O2S2/c1-9-4-5-12(10(2)6-9)17(3)21(18,19)13-7-11(8-16)20-14(13)15/h4-7H,8,16H2,1-3H3. The lowest BCUT2D eigenvalue weighted by Gasteiger charge is -2.21. The molecule has 0 amide bonds. The minimum atomic E-state index is -3.61. The first-order valence-electron chi connectivity index (χ1n) is 6.32. The minimum Gasteiger partial charge on any atom is -0.326 e. The Balaban J connectivity index is 2.49. The van der Waals surface area contributed by atoms with E-state index in [1.165, 1.54) is 15.6 Å². The summed E-state index contributed by atoms with van der Waals surface area (Å²) in [5, 5.41) is 0. The Hall–Kier alpha value is -0.890. The number of hydrogen-bond acceptors (Lipinski definition) is 4. The highest BCUT2D eigenvalue weighted by atomic mass is 79.9. The van der Waals surface area contributed by atoms with Gasteiger partial charge in [0, 0.05) is 18.5 Å². The van der Waals surface area contributed by atoms with Crippen LogP contribution in [-0.4, -0.2) is 15.5 Å². The highest BCUT2D eigenvalue weighted by molar-refractivity contribution is 9.11. The van der Waals surface area contributed by atoms with Crippen molar-refractivity contribution in [2.24, 2.45) is 5.73 Å². The zero-order valence-corrected chi connectivity index (χ0v) is 15.3. The van der Waals surface area contributed by atoms with Crippen LogP contribution in [0.3, 0.4) is 0 Å². The van der Waals surface area contributed by atoms with Crippen LogP contribution in [0.1, 0.15) is 16.0 Å². The molecule has 0 atom stereocenters. The van der Waals surface area contributed by atoms with Gasteiger partial charge < -0.3 is 5.73 Å². The molecule has 114 valence electrons. The summed E-state index contributed by atoms with van der Waals surface area (Å²) in [6.45, 7) is 4.21. The number of aryl methyl sites for hydroxylation is 2. The molecule has 0 aliphatic heterocycles. The van der Waals surface area contributed by atoms with Gasteiger partial charge in [0.15, 0.2) is 0 Å². The molecule has 1 aromatic heterocycles. The van der Waals surface area contributed by atoms with Gasteiger partial charge in [-0.25, -0.2) is 8.42 Å². The van der Waals surface area contributed by atoms with E-state index in [9.17, 15) is 8.42 Å². The van der Waals surface area contributed by atoms with E-state index in [0.29, 0.717) is 16.0 Å². The third-order valence-electron chi connectivity index (χ3n) is 3.24. The fourth-order valence-corrected chi connectivity index (χ4v) is 5.88. The zero-order valence-electron chi connectivity index (χ0n) is 12.1. The van der Waals surface area contributed by atoms with Gasteiger partial charge in [-0.15, -0.1) is 11.3 Å². The van der Waals surface area contributed by atoms with Crippen LogP contribution in [0.15, 0.2) is 32.9 Å².